The summed E-state index contributed by atoms with van der Waals surface area (Å²) in [5.41, 5.74) is 10.2. The second kappa shape index (κ2) is 6.87. The standard InChI is InChI=1S/C6H12N2O3.ClH/c7-4(3-6(10)11)1-2-5(8)9;/h4H,1-3,7H2,(H2,8,9)(H,10,11);1H/t4-;/m0./s1. The summed E-state index contributed by atoms with van der Waals surface area (Å²) in [5.74, 6) is -1.41. The Hall–Kier alpha value is -0.810. The molecule has 0 rings (SSSR count). The molecule has 0 aromatic heterocycles. The van der Waals surface area contributed by atoms with Crippen LogP contribution in [0.4, 0.5) is 0 Å². The fourth-order valence-corrected chi connectivity index (χ4v) is 0.654. The average molecular weight is 197 g/mol. The molecule has 1 amide bonds. The lowest BCUT2D eigenvalue weighted by atomic mass is 10.1. The van der Waals surface area contributed by atoms with E-state index in [1.54, 1.807) is 0 Å². The molecule has 1 atom stereocenters. The molecule has 0 bridgehead atoms. The van der Waals surface area contributed by atoms with Crippen molar-refractivity contribution in [2.45, 2.75) is 25.3 Å². The van der Waals surface area contributed by atoms with Crippen LogP contribution in [0.1, 0.15) is 19.3 Å². The first-order valence-corrected chi connectivity index (χ1v) is 3.28. The number of amides is 1. The van der Waals surface area contributed by atoms with Crippen molar-refractivity contribution in [1.82, 2.24) is 0 Å². The molecule has 0 heterocycles. The predicted octanol–water partition coefficient (Wildman–Crippen LogP) is -0.524. The Morgan fingerprint density at radius 2 is 1.92 bits per heavy atom. The van der Waals surface area contributed by atoms with Crippen molar-refractivity contribution >= 4 is 24.3 Å². The predicted molar refractivity (Wildman–Crippen MR) is 45.9 cm³/mol. The highest BCUT2D eigenvalue weighted by Crippen LogP contribution is 1.97. The van der Waals surface area contributed by atoms with Crippen LogP contribution in [-0.4, -0.2) is 23.0 Å². The number of nitrogens with two attached hydrogens (primary N) is 2. The zero-order chi connectivity index (χ0) is 8.85. The minimum Gasteiger partial charge on any atom is -0.481 e. The van der Waals surface area contributed by atoms with Gasteiger partial charge in [-0.2, -0.15) is 0 Å². The van der Waals surface area contributed by atoms with E-state index in [9.17, 15) is 9.59 Å². The van der Waals surface area contributed by atoms with Gasteiger partial charge in [0.1, 0.15) is 0 Å². The molecule has 0 fully saturated rings. The summed E-state index contributed by atoms with van der Waals surface area (Å²) >= 11 is 0. The molecule has 5 N–H and O–H groups in total. The number of rotatable bonds is 5. The van der Waals surface area contributed by atoms with Crippen LogP contribution in [0.3, 0.4) is 0 Å². The van der Waals surface area contributed by atoms with Crippen LogP contribution in [0, 0.1) is 0 Å². The Bertz CT molecular complexity index is 163. The van der Waals surface area contributed by atoms with Gasteiger partial charge in [-0.25, -0.2) is 0 Å². The Balaban J connectivity index is 0. The van der Waals surface area contributed by atoms with Crippen LogP contribution < -0.4 is 11.5 Å². The molecule has 72 valence electrons. The Morgan fingerprint density at radius 3 is 2.25 bits per heavy atom. The molecule has 0 aliphatic carbocycles. The average Bonchev–Trinajstić information content (AvgIpc) is 1.82. The molecule has 0 aromatic rings. The van der Waals surface area contributed by atoms with Crippen molar-refractivity contribution in [3.8, 4) is 0 Å². The third-order valence-corrected chi connectivity index (χ3v) is 1.20. The smallest absolute Gasteiger partial charge is 0.304 e. The molecule has 0 aromatic carbocycles. The molecule has 0 unspecified atom stereocenters. The van der Waals surface area contributed by atoms with Crippen molar-refractivity contribution in [2.75, 3.05) is 0 Å². The topological polar surface area (TPSA) is 106 Å². The number of halogens is 1. The molecule has 6 heteroatoms. The highest BCUT2D eigenvalue weighted by molar-refractivity contribution is 5.85. The number of carboxylic acid groups (broad SMARTS) is 1. The van der Waals surface area contributed by atoms with E-state index >= 15 is 0 Å². The van der Waals surface area contributed by atoms with Gasteiger partial charge in [-0.3, -0.25) is 9.59 Å². The molecule has 0 saturated heterocycles. The van der Waals surface area contributed by atoms with Crippen LogP contribution in [0.15, 0.2) is 0 Å². The van der Waals surface area contributed by atoms with Crippen molar-refractivity contribution in [2.24, 2.45) is 11.5 Å². The summed E-state index contributed by atoms with van der Waals surface area (Å²) in [4.78, 5) is 20.3. The van der Waals surface area contributed by atoms with Crippen LogP contribution in [0.5, 0.6) is 0 Å². The van der Waals surface area contributed by atoms with Gasteiger partial charge in [0, 0.05) is 12.5 Å². The third-order valence-electron chi connectivity index (χ3n) is 1.20. The molecular formula is C6H13ClN2O3. The zero-order valence-electron chi connectivity index (χ0n) is 6.53. The monoisotopic (exact) mass is 196 g/mol. The van der Waals surface area contributed by atoms with E-state index in [-0.39, 0.29) is 25.2 Å². The summed E-state index contributed by atoms with van der Waals surface area (Å²) < 4.78 is 0. The number of hydrogen-bond acceptors (Lipinski definition) is 3. The molecule has 0 spiro atoms. The van der Waals surface area contributed by atoms with E-state index in [2.05, 4.69) is 0 Å². The van der Waals surface area contributed by atoms with E-state index in [1.165, 1.54) is 0 Å². The molecule has 0 saturated carbocycles. The van der Waals surface area contributed by atoms with E-state index < -0.39 is 17.9 Å². The van der Waals surface area contributed by atoms with Gasteiger partial charge in [-0.15, -0.1) is 12.4 Å². The minimum absolute atomic E-state index is 0. The summed E-state index contributed by atoms with van der Waals surface area (Å²) in [5, 5.41) is 8.25. The van der Waals surface area contributed by atoms with Crippen molar-refractivity contribution < 1.29 is 14.7 Å². The fourth-order valence-electron chi connectivity index (χ4n) is 0.654. The Labute approximate surface area is 76.5 Å². The minimum atomic E-state index is -0.957. The summed E-state index contributed by atoms with van der Waals surface area (Å²) in [6.45, 7) is 0. The first-order chi connectivity index (χ1) is 5.02. The number of aliphatic carboxylic acids is 1. The Kier molecular flexibility index (Phi) is 7.88. The molecule has 0 aliphatic rings. The second-order valence-corrected chi connectivity index (χ2v) is 2.36. The van der Waals surface area contributed by atoms with Crippen LogP contribution in [0.25, 0.3) is 0 Å². The van der Waals surface area contributed by atoms with E-state index in [0.29, 0.717) is 6.42 Å². The van der Waals surface area contributed by atoms with Gasteiger partial charge >= 0.3 is 5.97 Å². The van der Waals surface area contributed by atoms with Crippen molar-refractivity contribution in [3.05, 3.63) is 0 Å². The maximum atomic E-state index is 10.2. The number of carbonyl (C=O) groups excluding carboxylic acids is 1. The molecular weight excluding hydrogens is 184 g/mol. The van der Waals surface area contributed by atoms with E-state index in [1.807, 2.05) is 0 Å². The van der Waals surface area contributed by atoms with Gasteiger partial charge < -0.3 is 16.6 Å². The van der Waals surface area contributed by atoms with Gasteiger partial charge in [0.15, 0.2) is 0 Å². The number of primary amides is 1. The van der Waals surface area contributed by atoms with Gasteiger partial charge in [0.2, 0.25) is 5.91 Å². The number of carbonyl (C=O) groups is 2. The highest BCUT2D eigenvalue weighted by atomic mass is 35.5. The maximum Gasteiger partial charge on any atom is 0.304 e. The zero-order valence-corrected chi connectivity index (χ0v) is 7.34. The number of hydrogen-bond donors (Lipinski definition) is 3. The molecule has 5 nitrogen and oxygen atoms in total. The lowest BCUT2D eigenvalue weighted by Crippen LogP contribution is -2.25. The SMILES string of the molecule is Cl.NC(=O)CC[C@H](N)CC(=O)O. The lowest BCUT2D eigenvalue weighted by Gasteiger charge is -2.05. The van der Waals surface area contributed by atoms with Crippen LogP contribution in [-0.2, 0) is 9.59 Å². The van der Waals surface area contributed by atoms with Crippen molar-refractivity contribution in [1.29, 1.82) is 0 Å². The van der Waals surface area contributed by atoms with Gasteiger partial charge in [-0.1, -0.05) is 0 Å². The van der Waals surface area contributed by atoms with E-state index in [0.717, 1.165) is 0 Å². The quantitative estimate of drug-likeness (QED) is 0.550. The van der Waals surface area contributed by atoms with Crippen molar-refractivity contribution in [3.63, 3.8) is 0 Å². The van der Waals surface area contributed by atoms with Gasteiger partial charge in [-0.05, 0) is 6.42 Å². The molecule has 0 radical (unpaired) electrons. The van der Waals surface area contributed by atoms with Gasteiger partial charge in [0.25, 0.3) is 0 Å². The Morgan fingerprint density at radius 1 is 1.42 bits per heavy atom. The highest BCUT2D eigenvalue weighted by Gasteiger charge is 2.08. The van der Waals surface area contributed by atoms with Gasteiger partial charge in [0.05, 0.1) is 6.42 Å². The maximum absolute atomic E-state index is 10.2. The third kappa shape index (κ3) is 9.19. The second-order valence-electron chi connectivity index (χ2n) is 2.36. The lowest BCUT2D eigenvalue weighted by molar-refractivity contribution is -0.137. The fraction of sp³-hybridized carbons (Fsp3) is 0.667. The van der Waals surface area contributed by atoms with E-state index in [4.69, 9.17) is 16.6 Å². The van der Waals surface area contributed by atoms with Crippen LogP contribution >= 0.6 is 12.4 Å². The molecule has 12 heavy (non-hydrogen) atoms. The van der Waals surface area contributed by atoms with Crippen LogP contribution in [0.2, 0.25) is 0 Å². The first-order valence-electron chi connectivity index (χ1n) is 3.28. The first kappa shape index (κ1) is 13.8. The summed E-state index contributed by atoms with van der Waals surface area (Å²) in [7, 11) is 0. The number of carboxylic acids is 1. The molecule has 0 aliphatic heterocycles. The summed E-state index contributed by atoms with van der Waals surface area (Å²) in [6, 6.07) is -0.472. The largest absolute Gasteiger partial charge is 0.481 e. The normalized spacial score (nSPS) is 11.4. The summed E-state index contributed by atoms with van der Waals surface area (Å²) in [6.07, 6.45) is 0.364.